The van der Waals surface area contributed by atoms with Crippen LogP contribution in [-0.4, -0.2) is 50.6 Å². The molecule has 228 valence electrons. The molecule has 0 heterocycles. The van der Waals surface area contributed by atoms with Crippen molar-refractivity contribution < 1.29 is 28.9 Å². The van der Waals surface area contributed by atoms with Gasteiger partial charge < -0.3 is 19.3 Å². The highest BCUT2D eigenvalue weighted by molar-refractivity contribution is 5.88. The van der Waals surface area contributed by atoms with Gasteiger partial charge in [0.25, 0.3) is 0 Å². The first-order valence-electron chi connectivity index (χ1n) is 14.9. The van der Waals surface area contributed by atoms with Crippen LogP contribution >= 0.6 is 0 Å². The summed E-state index contributed by atoms with van der Waals surface area (Å²) in [6.07, 6.45) is 6.92. The summed E-state index contributed by atoms with van der Waals surface area (Å²) in [4.78, 5) is 24.3. The predicted octanol–water partition coefficient (Wildman–Crippen LogP) is 6.79. The van der Waals surface area contributed by atoms with Gasteiger partial charge in [-0.05, 0) is 59.1 Å². The number of aliphatic hydroxyl groups is 1. The first-order valence-corrected chi connectivity index (χ1v) is 14.9. The zero-order valence-corrected chi connectivity index (χ0v) is 25.5. The summed E-state index contributed by atoms with van der Waals surface area (Å²) in [5.74, 6) is -1.69. The normalized spacial score (nSPS) is 11.5. The zero-order chi connectivity index (χ0) is 31.0. The lowest BCUT2D eigenvalue weighted by atomic mass is 9.96. The Labute approximate surface area is 256 Å². The van der Waals surface area contributed by atoms with E-state index >= 15 is 0 Å². The molecule has 0 radical (unpaired) electrons. The van der Waals surface area contributed by atoms with Gasteiger partial charge in [-0.3, -0.25) is 0 Å². The van der Waals surface area contributed by atoms with E-state index < -0.39 is 24.5 Å². The largest absolute Gasteiger partial charge is 0.461 e. The molecule has 43 heavy (non-hydrogen) atoms. The number of benzene rings is 3. The molecular weight excluding hydrogens is 540 g/mol. The zero-order valence-electron chi connectivity index (χ0n) is 25.5. The minimum absolute atomic E-state index is 0.0178. The van der Waals surface area contributed by atoms with E-state index in [1.54, 1.807) is 0 Å². The lowest BCUT2D eigenvalue weighted by Gasteiger charge is -2.19. The van der Waals surface area contributed by atoms with Gasteiger partial charge in [-0.25, -0.2) is 9.59 Å². The third-order valence-corrected chi connectivity index (χ3v) is 7.38. The predicted molar refractivity (Wildman–Crippen MR) is 171 cm³/mol. The fraction of sp³-hybridized carbons (Fsp3) is 0.351. The molecule has 0 aliphatic heterocycles. The van der Waals surface area contributed by atoms with Gasteiger partial charge in [0.2, 0.25) is 0 Å². The second-order valence-corrected chi connectivity index (χ2v) is 10.8. The minimum atomic E-state index is -0.696. The molecule has 1 atom stereocenters. The SMILES string of the molecule is C=C(CO)C(=O)OCC(COC(=O)C(=C)COC)c1ccc(-c2ccc(CCc3ccc(CCCCC)cc3)cc2)cc1. The van der Waals surface area contributed by atoms with E-state index in [0.29, 0.717) is 0 Å². The summed E-state index contributed by atoms with van der Waals surface area (Å²) < 4.78 is 15.7. The fourth-order valence-electron chi connectivity index (χ4n) is 4.65. The Morgan fingerprint density at radius 1 is 0.698 bits per heavy atom. The van der Waals surface area contributed by atoms with Crippen LogP contribution in [-0.2, 0) is 43.1 Å². The van der Waals surface area contributed by atoms with E-state index in [0.717, 1.165) is 36.0 Å². The number of carbonyl (C=O) groups is 2. The van der Waals surface area contributed by atoms with Crippen LogP contribution < -0.4 is 0 Å². The Bertz CT molecular complexity index is 1320. The monoisotopic (exact) mass is 584 g/mol. The van der Waals surface area contributed by atoms with Crippen molar-refractivity contribution in [1.82, 2.24) is 0 Å². The number of hydrogen-bond donors (Lipinski definition) is 1. The number of methoxy groups -OCH3 is 1. The smallest absolute Gasteiger partial charge is 0.335 e. The van der Waals surface area contributed by atoms with Gasteiger partial charge in [-0.1, -0.05) is 106 Å². The van der Waals surface area contributed by atoms with Crippen LogP contribution in [0.2, 0.25) is 0 Å². The fourth-order valence-corrected chi connectivity index (χ4v) is 4.65. The van der Waals surface area contributed by atoms with E-state index in [2.05, 4.69) is 68.6 Å². The molecular formula is C37H44O6. The maximum atomic E-state index is 12.3. The second kappa shape index (κ2) is 17.8. The number of carbonyl (C=O) groups excluding carboxylic acids is 2. The van der Waals surface area contributed by atoms with Crippen LogP contribution in [0.5, 0.6) is 0 Å². The molecule has 0 aromatic heterocycles. The molecule has 6 heteroatoms. The first-order chi connectivity index (χ1) is 20.8. The molecule has 0 spiro atoms. The number of unbranched alkanes of at least 4 members (excludes halogenated alkanes) is 2. The standard InChI is InChI=1S/C37H44O6/c1-5-6-7-8-29-9-11-30(12-10-29)13-14-31-15-17-32(18-16-31)33-19-21-34(22-20-33)35(25-42-36(39)27(2)23-38)26-43-37(40)28(3)24-41-4/h9-12,15-22,35,38H,2-3,5-8,13-14,23-26H2,1,4H3. The molecule has 1 unspecified atom stereocenters. The number of hydrogen-bond acceptors (Lipinski definition) is 6. The second-order valence-electron chi connectivity index (χ2n) is 10.8. The summed E-state index contributed by atoms with van der Waals surface area (Å²) in [6, 6.07) is 25.5. The van der Waals surface area contributed by atoms with E-state index in [-0.39, 0.29) is 31.0 Å². The molecule has 1 N–H and O–H groups in total. The number of aliphatic hydroxyl groups excluding tert-OH is 1. The van der Waals surface area contributed by atoms with Gasteiger partial charge in [0.05, 0.1) is 30.3 Å². The van der Waals surface area contributed by atoms with Crippen molar-refractivity contribution in [3.05, 3.63) is 119 Å². The molecule has 0 fully saturated rings. The molecule has 3 aromatic carbocycles. The third-order valence-electron chi connectivity index (χ3n) is 7.38. The maximum absolute atomic E-state index is 12.3. The van der Waals surface area contributed by atoms with Crippen molar-refractivity contribution in [3.63, 3.8) is 0 Å². The Morgan fingerprint density at radius 2 is 1.16 bits per heavy atom. The van der Waals surface area contributed by atoms with Crippen LogP contribution in [0.1, 0.15) is 54.4 Å². The molecule has 0 saturated carbocycles. The summed E-state index contributed by atoms with van der Waals surface area (Å²) in [5, 5.41) is 9.16. The van der Waals surface area contributed by atoms with Gasteiger partial charge >= 0.3 is 11.9 Å². The lowest BCUT2D eigenvalue weighted by molar-refractivity contribution is -0.143. The highest BCUT2D eigenvalue weighted by Gasteiger charge is 2.19. The highest BCUT2D eigenvalue weighted by Crippen LogP contribution is 2.25. The van der Waals surface area contributed by atoms with E-state index in [9.17, 15) is 9.59 Å². The third kappa shape index (κ3) is 11.0. The Balaban J connectivity index is 1.61. The number of ether oxygens (including phenoxy) is 3. The number of rotatable bonds is 18. The number of aryl methyl sites for hydroxylation is 3. The van der Waals surface area contributed by atoms with Crippen molar-refractivity contribution in [3.8, 4) is 11.1 Å². The molecule has 0 amide bonds. The van der Waals surface area contributed by atoms with Gasteiger partial charge in [0.1, 0.15) is 13.2 Å². The van der Waals surface area contributed by atoms with Crippen molar-refractivity contribution in [2.45, 2.75) is 51.4 Å². The summed E-state index contributed by atoms with van der Waals surface area (Å²) in [5.41, 5.74) is 7.19. The molecule has 6 nitrogen and oxygen atoms in total. The Hall–Kier alpha value is -4.00. The van der Waals surface area contributed by atoms with Crippen molar-refractivity contribution in [2.75, 3.05) is 33.5 Å². The van der Waals surface area contributed by atoms with Gasteiger partial charge in [-0.2, -0.15) is 0 Å². The molecule has 0 bridgehead atoms. The number of esters is 2. The van der Waals surface area contributed by atoms with Gasteiger partial charge in [0, 0.05) is 7.11 Å². The van der Waals surface area contributed by atoms with Crippen LogP contribution in [0, 0.1) is 0 Å². The molecule has 3 aromatic rings. The van der Waals surface area contributed by atoms with E-state index in [4.69, 9.17) is 19.3 Å². The maximum Gasteiger partial charge on any atom is 0.335 e. The molecule has 3 rings (SSSR count). The van der Waals surface area contributed by atoms with Crippen LogP contribution in [0.3, 0.4) is 0 Å². The topological polar surface area (TPSA) is 82.1 Å². The van der Waals surface area contributed by atoms with Crippen LogP contribution in [0.4, 0.5) is 0 Å². The van der Waals surface area contributed by atoms with E-state index in [1.165, 1.54) is 43.1 Å². The van der Waals surface area contributed by atoms with Crippen LogP contribution in [0.15, 0.2) is 97.1 Å². The lowest BCUT2D eigenvalue weighted by Crippen LogP contribution is -2.21. The average Bonchev–Trinajstić information content (AvgIpc) is 3.04. The summed E-state index contributed by atoms with van der Waals surface area (Å²) in [6.45, 7) is 8.92. The van der Waals surface area contributed by atoms with Crippen molar-refractivity contribution >= 4 is 11.9 Å². The summed E-state index contributed by atoms with van der Waals surface area (Å²) in [7, 11) is 1.47. The van der Waals surface area contributed by atoms with E-state index in [1.807, 2.05) is 24.3 Å². The molecule has 0 saturated heterocycles. The quantitative estimate of drug-likeness (QED) is 0.101. The average molecular weight is 585 g/mol. The molecule has 0 aliphatic carbocycles. The summed E-state index contributed by atoms with van der Waals surface area (Å²) >= 11 is 0. The minimum Gasteiger partial charge on any atom is -0.461 e. The van der Waals surface area contributed by atoms with Crippen molar-refractivity contribution in [2.24, 2.45) is 0 Å². The highest BCUT2D eigenvalue weighted by atomic mass is 16.5. The van der Waals surface area contributed by atoms with Crippen molar-refractivity contribution in [1.29, 1.82) is 0 Å². The molecule has 0 aliphatic rings. The Morgan fingerprint density at radius 3 is 1.65 bits per heavy atom. The van der Waals surface area contributed by atoms with Gasteiger partial charge in [0.15, 0.2) is 0 Å². The van der Waals surface area contributed by atoms with Gasteiger partial charge in [-0.15, -0.1) is 0 Å². The van der Waals surface area contributed by atoms with Crippen LogP contribution in [0.25, 0.3) is 11.1 Å². The Kier molecular flexibility index (Phi) is 13.9. The first kappa shape index (κ1) is 33.5.